The van der Waals surface area contributed by atoms with Gasteiger partial charge in [0.1, 0.15) is 12.1 Å². The van der Waals surface area contributed by atoms with Crippen molar-refractivity contribution < 1.29 is 4.74 Å². The molecule has 27 heavy (non-hydrogen) atoms. The molecule has 2 aromatic heterocycles. The number of methoxy groups -OCH3 is 1. The molecule has 5 nitrogen and oxygen atoms in total. The van der Waals surface area contributed by atoms with Crippen molar-refractivity contribution in [1.29, 1.82) is 0 Å². The first-order valence-corrected chi connectivity index (χ1v) is 8.69. The van der Waals surface area contributed by atoms with E-state index in [2.05, 4.69) is 16.0 Å². The van der Waals surface area contributed by atoms with Crippen molar-refractivity contribution in [2.45, 2.75) is 13.3 Å². The van der Waals surface area contributed by atoms with Gasteiger partial charge in [-0.15, -0.1) is 0 Å². The molecule has 2 heterocycles. The summed E-state index contributed by atoms with van der Waals surface area (Å²) in [4.78, 5) is 21.5. The first-order chi connectivity index (χ1) is 13.1. The molecule has 0 saturated heterocycles. The number of nitrogens with zero attached hydrogens (tertiary/aromatic N) is 3. The van der Waals surface area contributed by atoms with Crippen LogP contribution in [0.3, 0.4) is 0 Å². The zero-order valence-electron chi connectivity index (χ0n) is 15.2. The third-order valence-electron chi connectivity index (χ3n) is 4.50. The Balaban J connectivity index is 1.76. The van der Waals surface area contributed by atoms with Crippen LogP contribution in [0, 0.1) is 6.92 Å². The zero-order valence-corrected chi connectivity index (χ0v) is 15.2. The Hall–Kier alpha value is -3.47. The van der Waals surface area contributed by atoms with Gasteiger partial charge in [0.15, 0.2) is 0 Å². The van der Waals surface area contributed by atoms with E-state index in [-0.39, 0.29) is 5.56 Å². The minimum Gasteiger partial charge on any atom is -0.497 e. The monoisotopic (exact) mass is 357 g/mol. The smallest absolute Gasteiger partial charge is 0.265 e. The molecule has 2 aromatic carbocycles. The molecule has 0 fully saturated rings. The number of aryl methyl sites for hydroxylation is 1. The van der Waals surface area contributed by atoms with Crippen LogP contribution in [0.1, 0.15) is 16.7 Å². The van der Waals surface area contributed by atoms with Crippen molar-refractivity contribution in [3.63, 3.8) is 0 Å². The molecule has 4 rings (SSSR count). The normalized spacial score (nSPS) is 10.9. The maximum atomic E-state index is 13.0. The SMILES string of the molecule is COc1cc(C)cc(Cc2ccc3ncn(-c4cccnc4)c(=O)c3c2)c1. The molecule has 0 atom stereocenters. The Bertz CT molecular complexity index is 1170. The van der Waals surface area contributed by atoms with Gasteiger partial charge in [0.05, 0.1) is 29.9 Å². The Morgan fingerprint density at radius 1 is 1.07 bits per heavy atom. The van der Waals surface area contributed by atoms with E-state index >= 15 is 0 Å². The summed E-state index contributed by atoms with van der Waals surface area (Å²) in [5.74, 6) is 0.839. The molecule has 0 amide bonds. The second kappa shape index (κ2) is 7.03. The number of benzene rings is 2. The van der Waals surface area contributed by atoms with Crippen molar-refractivity contribution in [2.24, 2.45) is 0 Å². The van der Waals surface area contributed by atoms with Gasteiger partial charge in [-0.2, -0.15) is 0 Å². The largest absolute Gasteiger partial charge is 0.497 e. The maximum absolute atomic E-state index is 13.0. The molecular formula is C22H19N3O2. The standard InChI is InChI=1S/C22H19N3O2/c1-15-8-17(11-19(9-15)27-2)10-16-5-6-21-20(12-16)22(26)25(14-24-21)18-4-3-7-23-13-18/h3-9,11-14H,10H2,1-2H3. The molecule has 0 bridgehead atoms. The average Bonchev–Trinajstić information content (AvgIpc) is 2.69. The van der Waals surface area contributed by atoms with E-state index in [1.165, 1.54) is 4.57 Å². The quantitative estimate of drug-likeness (QED) is 0.559. The summed E-state index contributed by atoms with van der Waals surface area (Å²) in [5.41, 5.74) is 4.62. The molecule has 0 aliphatic rings. The first kappa shape index (κ1) is 17.0. The van der Waals surface area contributed by atoms with Crippen molar-refractivity contribution in [1.82, 2.24) is 14.5 Å². The predicted molar refractivity (Wildman–Crippen MR) is 106 cm³/mol. The van der Waals surface area contributed by atoms with Crippen LogP contribution in [0.25, 0.3) is 16.6 Å². The lowest BCUT2D eigenvalue weighted by Crippen LogP contribution is -2.19. The fourth-order valence-electron chi connectivity index (χ4n) is 3.24. The van der Waals surface area contributed by atoms with E-state index in [1.807, 2.05) is 43.3 Å². The van der Waals surface area contributed by atoms with E-state index in [0.29, 0.717) is 16.6 Å². The van der Waals surface area contributed by atoms with E-state index < -0.39 is 0 Å². The molecule has 0 aliphatic carbocycles. The summed E-state index contributed by atoms with van der Waals surface area (Å²) >= 11 is 0. The van der Waals surface area contributed by atoms with Crippen LogP contribution in [0.2, 0.25) is 0 Å². The van der Waals surface area contributed by atoms with Gasteiger partial charge in [0, 0.05) is 6.20 Å². The highest BCUT2D eigenvalue weighted by Crippen LogP contribution is 2.20. The molecule has 0 aliphatic heterocycles. The van der Waals surface area contributed by atoms with E-state index in [1.54, 1.807) is 31.9 Å². The fraction of sp³-hybridized carbons (Fsp3) is 0.136. The highest BCUT2D eigenvalue weighted by Gasteiger charge is 2.08. The number of rotatable bonds is 4. The topological polar surface area (TPSA) is 57.0 Å². The first-order valence-electron chi connectivity index (χ1n) is 8.69. The van der Waals surface area contributed by atoms with Crippen molar-refractivity contribution >= 4 is 10.9 Å². The molecule has 0 radical (unpaired) electrons. The summed E-state index contributed by atoms with van der Waals surface area (Å²) in [6.07, 6.45) is 5.59. The van der Waals surface area contributed by atoms with Gasteiger partial charge in [-0.1, -0.05) is 12.1 Å². The van der Waals surface area contributed by atoms with E-state index in [0.717, 1.165) is 28.9 Å². The Morgan fingerprint density at radius 2 is 1.96 bits per heavy atom. The molecule has 5 heteroatoms. The van der Waals surface area contributed by atoms with E-state index in [4.69, 9.17) is 4.74 Å². The van der Waals surface area contributed by atoms with Gasteiger partial charge >= 0.3 is 0 Å². The molecule has 0 saturated carbocycles. The number of aromatic nitrogens is 3. The molecule has 134 valence electrons. The van der Waals surface area contributed by atoms with Crippen molar-refractivity contribution in [3.8, 4) is 11.4 Å². The van der Waals surface area contributed by atoms with Crippen molar-refractivity contribution in [2.75, 3.05) is 7.11 Å². The predicted octanol–water partition coefficient (Wildman–Crippen LogP) is 3.69. The lowest BCUT2D eigenvalue weighted by Gasteiger charge is -2.09. The van der Waals surface area contributed by atoms with Gasteiger partial charge in [0.2, 0.25) is 0 Å². The van der Waals surface area contributed by atoms with Crippen LogP contribution in [0.4, 0.5) is 0 Å². The molecule has 0 unspecified atom stereocenters. The van der Waals surface area contributed by atoms with Crippen LogP contribution >= 0.6 is 0 Å². The number of fused-ring (bicyclic) bond motifs is 1. The number of ether oxygens (including phenoxy) is 1. The van der Waals surface area contributed by atoms with Gasteiger partial charge in [-0.25, -0.2) is 4.98 Å². The van der Waals surface area contributed by atoms with Crippen molar-refractivity contribution in [3.05, 3.63) is 94.3 Å². The van der Waals surface area contributed by atoms with Crippen LogP contribution in [0.5, 0.6) is 5.75 Å². The third-order valence-corrected chi connectivity index (χ3v) is 4.50. The second-order valence-corrected chi connectivity index (χ2v) is 6.52. The zero-order chi connectivity index (χ0) is 18.8. The fourth-order valence-corrected chi connectivity index (χ4v) is 3.24. The van der Waals surface area contributed by atoms with E-state index in [9.17, 15) is 4.79 Å². The number of hydrogen-bond acceptors (Lipinski definition) is 4. The molecule has 0 N–H and O–H groups in total. The highest BCUT2D eigenvalue weighted by atomic mass is 16.5. The lowest BCUT2D eigenvalue weighted by molar-refractivity contribution is 0.414. The summed E-state index contributed by atoms with van der Waals surface area (Å²) in [6.45, 7) is 2.04. The van der Waals surface area contributed by atoms with Crippen LogP contribution in [-0.2, 0) is 6.42 Å². The summed E-state index contributed by atoms with van der Waals surface area (Å²) in [5, 5.41) is 0.596. The van der Waals surface area contributed by atoms with Gasteiger partial charge < -0.3 is 4.74 Å². The molecule has 4 aromatic rings. The molecule has 0 spiro atoms. The van der Waals surface area contributed by atoms with Crippen LogP contribution < -0.4 is 10.3 Å². The van der Waals surface area contributed by atoms with Gasteiger partial charge in [0.25, 0.3) is 5.56 Å². The Morgan fingerprint density at radius 3 is 2.74 bits per heavy atom. The maximum Gasteiger partial charge on any atom is 0.265 e. The second-order valence-electron chi connectivity index (χ2n) is 6.52. The summed E-state index contributed by atoms with van der Waals surface area (Å²) in [6, 6.07) is 15.6. The minimum absolute atomic E-state index is 0.100. The minimum atomic E-state index is -0.100. The summed E-state index contributed by atoms with van der Waals surface area (Å²) < 4.78 is 6.88. The Kier molecular flexibility index (Phi) is 4.42. The van der Waals surface area contributed by atoms with Gasteiger partial charge in [-0.05, 0) is 66.4 Å². The highest BCUT2D eigenvalue weighted by molar-refractivity contribution is 5.78. The average molecular weight is 357 g/mol. The Labute approximate surface area is 156 Å². The lowest BCUT2D eigenvalue weighted by atomic mass is 10.0. The third kappa shape index (κ3) is 3.44. The number of hydrogen-bond donors (Lipinski definition) is 0. The van der Waals surface area contributed by atoms with Gasteiger partial charge in [-0.3, -0.25) is 14.3 Å². The van der Waals surface area contributed by atoms with Crippen LogP contribution in [-0.4, -0.2) is 21.6 Å². The number of pyridine rings is 1. The van der Waals surface area contributed by atoms with Crippen LogP contribution in [0.15, 0.2) is 72.0 Å². The molecular weight excluding hydrogens is 338 g/mol. The summed E-state index contributed by atoms with van der Waals surface area (Å²) in [7, 11) is 1.67.